The fourth-order valence-corrected chi connectivity index (χ4v) is 2.22. The van der Waals surface area contributed by atoms with Crippen LogP contribution >= 0.6 is 22.9 Å². The summed E-state index contributed by atoms with van der Waals surface area (Å²) in [6.07, 6.45) is 3.26. The molecule has 86 valence electrons. The molecule has 0 spiro atoms. The molecule has 1 nitrogen and oxygen atoms in total. The Morgan fingerprint density at radius 3 is 2.60 bits per heavy atom. The molecule has 1 heterocycles. The van der Waals surface area contributed by atoms with Crippen molar-refractivity contribution in [3.8, 4) is 0 Å². The van der Waals surface area contributed by atoms with Gasteiger partial charge in [-0.05, 0) is 31.6 Å². The number of hydrogen-bond acceptors (Lipinski definition) is 2. The van der Waals surface area contributed by atoms with Crippen molar-refractivity contribution in [1.29, 1.82) is 0 Å². The monoisotopic (exact) mass is 245 g/mol. The lowest BCUT2D eigenvalue weighted by Gasteiger charge is -2.24. The van der Waals surface area contributed by atoms with Crippen LogP contribution in [0.2, 0.25) is 0 Å². The number of thiazole rings is 1. The van der Waals surface area contributed by atoms with Crippen molar-refractivity contribution >= 4 is 22.9 Å². The summed E-state index contributed by atoms with van der Waals surface area (Å²) in [6, 6.07) is 0. The van der Waals surface area contributed by atoms with Crippen molar-refractivity contribution in [2.45, 2.75) is 52.3 Å². The molecule has 0 aliphatic rings. The summed E-state index contributed by atoms with van der Waals surface area (Å²) in [6.45, 7) is 8.63. The van der Waals surface area contributed by atoms with Crippen LogP contribution in [0.4, 0.5) is 0 Å². The lowest BCUT2D eigenvalue weighted by molar-refractivity contribution is 0.368. The predicted octanol–water partition coefficient (Wildman–Crippen LogP) is 4.43. The normalized spacial score (nSPS) is 14.2. The minimum Gasteiger partial charge on any atom is -0.247 e. The lowest BCUT2D eigenvalue weighted by atomic mass is 9.89. The molecule has 0 aliphatic heterocycles. The molecule has 1 rings (SSSR count). The first-order valence-electron chi connectivity index (χ1n) is 5.44. The van der Waals surface area contributed by atoms with Crippen molar-refractivity contribution < 1.29 is 0 Å². The number of rotatable bonds is 4. The van der Waals surface area contributed by atoms with E-state index in [2.05, 4.69) is 31.1 Å². The summed E-state index contributed by atoms with van der Waals surface area (Å²) >= 11 is 8.04. The zero-order valence-electron chi connectivity index (χ0n) is 10.0. The minimum atomic E-state index is 0.208. The van der Waals surface area contributed by atoms with E-state index in [0.717, 1.165) is 24.3 Å². The van der Waals surface area contributed by atoms with Gasteiger partial charge in [0.1, 0.15) is 0 Å². The van der Waals surface area contributed by atoms with Gasteiger partial charge in [-0.25, -0.2) is 4.98 Å². The molecule has 0 aliphatic carbocycles. The van der Waals surface area contributed by atoms with Gasteiger partial charge < -0.3 is 0 Å². The summed E-state index contributed by atoms with van der Waals surface area (Å²) in [5, 5.41) is 3.57. The van der Waals surface area contributed by atoms with Gasteiger partial charge in [0.2, 0.25) is 0 Å². The third-order valence-corrected chi connectivity index (χ3v) is 4.19. The van der Waals surface area contributed by atoms with Crippen LogP contribution in [0.3, 0.4) is 0 Å². The van der Waals surface area contributed by atoms with Crippen LogP contribution in [-0.4, -0.2) is 10.4 Å². The van der Waals surface area contributed by atoms with E-state index in [1.54, 1.807) is 11.3 Å². The van der Waals surface area contributed by atoms with Crippen LogP contribution in [0.25, 0.3) is 0 Å². The van der Waals surface area contributed by atoms with Crippen LogP contribution in [0.1, 0.15) is 44.3 Å². The average Bonchev–Trinajstić information content (AvgIpc) is 2.49. The van der Waals surface area contributed by atoms with Gasteiger partial charge in [0, 0.05) is 10.8 Å². The number of aromatic nitrogens is 1. The maximum Gasteiger partial charge on any atom is 0.0897 e. The highest BCUT2D eigenvalue weighted by molar-refractivity contribution is 7.09. The van der Waals surface area contributed by atoms with E-state index in [0.29, 0.717) is 0 Å². The standard InChI is InChI=1S/C12H20ClNS/c1-9-14-10(8-15-9)6-5-7-11(13)12(2,3)4/h8,11H,5-7H2,1-4H3. The first kappa shape index (κ1) is 13.0. The molecule has 1 aromatic rings. The van der Waals surface area contributed by atoms with Crippen LogP contribution in [0, 0.1) is 12.3 Å². The van der Waals surface area contributed by atoms with E-state index in [4.69, 9.17) is 11.6 Å². The number of alkyl halides is 1. The van der Waals surface area contributed by atoms with Gasteiger partial charge in [0.15, 0.2) is 0 Å². The van der Waals surface area contributed by atoms with Crippen molar-refractivity contribution in [1.82, 2.24) is 4.98 Å². The molecule has 0 bridgehead atoms. The van der Waals surface area contributed by atoms with Crippen molar-refractivity contribution in [2.75, 3.05) is 0 Å². The molecular weight excluding hydrogens is 226 g/mol. The molecule has 0 N–H and O–H groups in total. The molecule has 0 saturated carbocycles. The maximum absolute atomic E-state index is 6.31. The zero-order chi connectivity index (χ0) is 11.5. The first-order chi connectivity index (χ1) is 6.89. The summed E-state index contributed by atoms with van der Waals surface area (Å²) in [5.41, 5.74) is 1.43. The molecule has 15 heavy (non-hydrogen) atoms. The van der Waals surface area contributed by atoms with Crippen molar-refractivity contribution in [3.63, 3.8) is 0 Å². The second-order valence-electron chi connectivity index (χ2n) is 5.08. The smallest absolute Gasteiger partial charge is 0.0897 e. The zero-order valence-corrected chi connectivity index (χ0v) is 11.6. The first-order valence-corrected chi connectivity index (χ1v) is 6.76. The van der Waals surface area contributed by atoms with Crippen molar-refractivity contribution in [2.24, 2.45) is 5.41 Å². The Morgan fingerprint density at radius 1 is 1.47 bits per heavy atom. The summed E-state index contributed by atoms with van der Waals surface area (Å²) in [5.74, 6) is 0. The molecule has 0 saturated heterocycles. The average molecular weight is 246 g/mol. The summed E-state index contributed by atoms with van der Waals surface area (Å²) < 4.78 is 0. The Labute approximate surface area is 102 Å². The van der Waals surface area contributed by atoms with E-state index in [9.17, 15) is 0 Å². The summed E-state index contributed by atoms with van der Waals surface area (Å²) in [4.78, 5) is 4.45. The third kappa shape index (κ3) is 4.52. The minimum absolute atomic E-state index is 0.208. The van der Waals surface area contributed by atoms with Gasteiger partial charge in [-0.2, -0.15) is 0 Å². The van der Waals surface area contributed by atoms with E-state index in [1.807, 2.05) is 6.92 Å². The largest absolute Gasteiger partial charge is 0.247 e. The highest BCUT2D eigenvalue weighted by Crippen LogP contribution is 2.28. The topological polar surface area (TPSA) is 12.9 Å². The van der Waals surface area contributed by atoms with Gasteiger partial charge in [0.25, 0.3) is 0 Å². The molecule has 0 amide bonds. The Hall–Kier alpha value is -0.0800. The molecule has 3 heteroatoms. The second-order valence-corrected chi connectivity index (χ2v) is 6.67. The Morgan fingerprint density at radius 2 is 2.13 bits per heavy atom. The van der Waals surface area contributed by atoms with Crippen LogP contribution in [0.5, 0.6) is 0 Å². The predicted molar refractivity (Wildman–Crippen MR) is 68.9 cm³/mol. The highest BCUT2D eigenvalue weighted by Gasteiger charge is 2.21. The van der Waals surface area contributed by atoms with E-state index < -0.39 is 0 Å². The van der Waals surface area contributed by atoms with Gasteiger partial charge >= 0.3 is 0 Å². The van der Waals surface area contributed by atoms with Crippen LogP contribution in [0.15, 0.2) is 5.38 Å². The van der Waals surface area contributed by atoms with Crippen molar-refractivity contribution in [3.05, 3.63) is 16.1 Å². The van der Waals surface area contributed by atoms with Gasteiger partial charge in [-0.3, -0.25) is 0 Å². The Balaban J connectivity index is 2.28. The number of aryl methyl sites for hydroxylation is 2. The lowest BCUT2D eigenvalue weighted by Crippen LogP contribution is -2.20. The fraction of sp³-hybridized carbons (Fsp3) is 0.750. The van der Waals surface area contributed by atoms with Crippen LogP contribution < -0.4 is 0 Å². The molecule has 0 aromatic carbocycles. The Kier molecular flexibility index (Phi) is 4.60. The quantitative estimate of drug-likeness (QED) is 0.716. The Bertz CT molecular complexity index is 301. The maximum atomic E-state index is 6.31. The molecule has 0 radical (unpaired) electrons. The molecule has 1 aromatic heterocycles. The van der Waals surface area contributed by atoms with Gasteiger partial charge in [0.05, 0.1) is 10.7 Å². The highest BCUT2D eigenvalue weighted by atomic mass is 35.5. The van der Waals surface area contributed by atoms with Gasteiger partial charge in [-0.15, -0.1) is 22.9 Å². The molecule has 0 fully saturated rings. The molecule has 1 atom stereocenters. The van der Waals surface area contributed by atoms with E-state index in [-0.39, 0.29) is 10.8 Å². The fourth-order valence-electron chi connectivity index (χ4n) is 1.42. The van der Waals surface area contributed by atoms with Crippen LogP contribution in [-0.2, 0) is 6.42 Å². The molecule has 1 unspecified atom stereocenters. The number of halogens is 1. The SMILES string of the molecule is Cc1nc(CCCC(Cl)C(C)(C)C)cs1. The van der Waals surface area contributed by atoms with E-state index >= 15 is 0 Å². The van der Waals surface area contributed by atoms with E-state index in [1.165, 1.54) is 5.69 Å². The molecular formula is C12H20ClNS. The number of hydrogen-bond donors (Lipinski definition) is 0. The third-order valence-electron chi connectivity index (χ3n) is 2.50. The number of nitrogens with zero attached hydrogens (tertiary/aromatic N) is 1. The summed E-state index contributed by atoms with van der Waals surface area (Å²) in [7, 11) is 0. The second kappa shape index (κ2) is 5.31. The van der Waals surface area contributed by atoms with Gasteiger partial charge in [-0.1, -0.05) is 20.8 Å².